The molecule has 0 N–H and O–H groups in total. The van der Waals surface area contributed by atoms with E-state index >= 15 is 0 Å². The van der Waals surface area contributed by atoms with E-state index in [0.29, 0.717) is 0 Å². The standard InChI is InChI=1S/C6H13NO/c1-4-6(3)8-7-5-2/h5-6H,4H2,1-3H3. The van der Waals surface area contributed by atoms with Crippen LogP contribution in [-0.4, -0.2) is 12.3 Å². The van der Waals surface area contributed by atoms with Crippen LogP contribution in [0.1, 0.15) is 27.2 Å². The summed E-state index contributed by atoms with van der Waals surface area (Å²) < 4.78 is 0. The average Bonchev–Trinajstić information content (AvgIpc) is 1.83. The molecule has 0 heterocycles. The van der Waals surface area contributed by atoms with Crippen molar-refractivity contribution in [1.29, 1.82) is 0 Å². The van der Waals surface area contributed by atoms with Crippen molar-refractivity contribution in [1.82, 2.24) is 0 Å². The first-order valence-electron chi connectivity index (χ1n) is 2.95. The van der Waals surface area contributed by atoms with Crippen LogP contribution in [0.2, 0.25) is 0 Å². The van der Waals surface area contributed by atoms with E-state index in [1.807, 2.05) is 13.8 Å². The van der Waals surface area contributed by atoms with Crippen molar-refractivity contribution < 1.29 is 4.84 Å². The molecule has 0 aliphatic carbocycles. The molecule has 0 aromatic rings. The lowest BCUT2D eigenvalue weighted by molar-refractivity contribution is 0.0710. The monoisotopic (exact) mass is 115 g/mol. The van der Waals surface area contributed by atoms with E-state index in [1.54, 1.807) is 6.21 Å². The molecule has 0 rings (SSSR count). The third-order valence-electron chi connectivity index (χ3n) is 0.921. The molecule has 0 aliphatic rings. The smallest absolute Gasteiger partial charge is 0.124 e. The van der Waals surface area contributed by atoms with Crippen LogP contribution in [0, 0.1) is 0 Å². The van der Waals surface area contributed by atoms with Gasteiger partial charge in [0.2, 0.25) is 0 Å². The van der Waals surface area contributed by atoms with Crippen molar-refractivity contribution in [3.05, 3.63) is 0 Å². The lowest BCUT2D eigenvalue weighted by atomic mass is 10.3. The molecular weight excluding hydrogens is 102 g/mol. The minimum atomic E-state index is 0.256. The number of hydrogen-bond donors (Lipinski definition) is 0. The zero-order valence-corrected chi connectivity index (χ0v) is 5.72. The fraction of sp³-hybridized carbons (Fsp3) is 0.833. The predicted octanol–water partition coefficient (Wildman–Crippen LogP) is 1.81. The first kappa shape index (κ1) is 7.47. The van der Waals surface area contributed by atoms with Crippen molar-refractivity contribution >= 4 is 6.21 Å². The van der Waals surface area contributed by atoms with E-state index in [-0.39, 0.29) is 6.10 Å². The highest BCUT2D eigenvalue weighted by Gasteiger charge is 1.92. The van der Waals surface area contributed by atoms with E-state index < -0.39 is 0 Å². The van der Waals surface area contributed by atoms with Gasteiger partial charge in [0.15, 0.2) is 0 Å². The number of rotatable bonds is 3. The van der Waals surface area contributed by atoms with E-state index in [0.717, 1.165) is 6.42 Å². The fourth-order valence-electron chi connectivity index (χ4n) is 0.239. The molecular formula is C6H13NO. The minimum absolute atomic E-state index is 0.256. The van der Waals surface area contributed by atoms with Gasteiger partial charge in [0.1, 0.15) is 6.10 Å². The second-order valence-corrected chi connectivity index (χ2v) is 1.69. The van der Waals surface area contributed by atoms with Crippen molar-refractivity contribution in [3.8, 4) is 0 Å². The van der Waals surface area contributed by atoms with Gasteiger partial charge in [-0.05, 0) is 20.3 Å². The minimum Gasteiger partial charge on any atom is -0.393 e. The summed E-state index contributed by atoms with van der Waals surface area (Å²) in [6, 6.07) is 0. The Morgan fingerprint density at radius 3 is 2.75 bits per heavy atom. The van der Waals surface area contributed by atoms with Gasteiger partial charge in [0, 0.05) is 6.21 Å². The van der Waals surface area contributed by atoms with Crippen molar-refractivity contribution in [3.63, 3.8) is 0 Å². The lowest BCUT2D eigenvalue weighted by Crippen LogP contribution is -2.00. The molecule has 0 aromatic heterocycles. The molecule has 0 saturated carbocycles. The van der Waals surface area contributed by atoms with E-state index in [9.17, 15) is 0 Å². The van der Waals surface area contributed by atoms with Gasteiger partial charge >= 0.3 is 0 Å². The van der Waals surface area contributed by atoms with Crippen molar-refractivity contribution in [2.45, 2.75) is 33.3 Å². The molecule has 0 radical (unpaired) electrons. The van der Waals surface area contributed by atoms with Crippen LogP contribution in [0.3, 0.4) is 0 Å². The molecule has 0 fully saturated rings. The van der Waals surface area contributed by atoms with Crippen LogP contribution in [0.15, 0.2) is 5.16 Å². The normalized spacial score (nSPS) is 14.4. The Balaban J connectivity index is 3.10. The summed E-state index contributed by atoms with van der Waals surface area (Å²) in [5.74, 6) is 0. The van der Waals surface area contributed by atoms with Crippen LogP contribution in [0.4, 0.5) is 0 Å². The molecule has 0 bridgehead atoms. The second kappa shape index (κ2) is 4.62. The van der Waals surface area contributed by atoms with Crippen LogP contribution in [0.5, 0.6) is 0 Å². The highest BCUT2D eigenvalue weighted by Crippen LogP contribution is 1.94. The topological polar surface area (TPSA) is 21.6 Å². The van der Waals surface area contributed by atoms with Gasteiger partial charge in [-0.15, -0.1) is 0 Å². The summed E-state index contributed by atoms with van der Waals surface area (Å²) in [6.07, 6.45) is 2.91. The summed E-state index contributed by atoms with van der Waals surface area (Å²) in [4.78, 5) is 4.91. The molecule has 0 aromatic carbocycles. The van der Waals surface area contributed by atoms with Crippen LogP contribution < -0.4 is 0 Å². The molecule has 2 heteroatoms. The van der Waals surface area contributed by atoms with E-state index in [4.69, 9.17) is 4.84 Å². The Kier molecular flexibility index (Phi) is 4.32. The van der Waals surface area contributed by atoms with E-state index in [1.165, 1.54) is 0 Å². The molecule has 0 spiro atoms. The molecule has 48 valence electrons. The second-order valence-electron chi connectivity index (χ2n) is 1.69. The van der Waals surface area contributed by atoms with Crippen LogP contribution in [-0.2, 0) is 4.84 Å². The molecule has 2 nitrogen and oxygen atoms in total. The zero-order valence-electron chi connectivity index (χ0n) is 5.72. The molecule has 0 amide bonds. The quantitative estimate of drug-likeness (QED) is 0.406. The van der Waals surface area contributed by atoms with Gasteiger partial charge in [0.05, 0.1) is 0 Å². The van der Waals surface area contributed by atoms with Crippen molar-refractivity contribution in [2.75, 3.05) is 0 Å². The lowest BCUT2D eigenvalue weighted by Gasteiger charge is -2.03. The maximum absolute atomic E-state index is 4.91. The Morgan fingerprint density at radius 2 is 2.38 bits per heavy atom. The van der Waals surface area contributed by atoms with Gasteiger partial charge in [-0.2, -0.15) is 0 Å². The Morgan fingerprint density at radius 1 is 1.75 bits per heavy atom. The Hall–Kier alpha value is -0.530. The third kappa shape index (κ3) is 3.65. The fourth-order valence-corrected chi connectivity index (χ4v) is 0.239. The molecule has 1 unspecified atom stereocenters. The van der Waals surface area contributed by atoms with Gasteiger partial charge in [0.25, 0.3) is 0 Å². The maximum atomic E-state index is 4.91. The molecule has 8 heavy (non-hydrogen) atoms. The molecule has 0 saturated heterocycles. The maximum Gasteiger partial charge on any atom is 0.124 e. The Labute approximate surface area is 50.5 Å². The third-order valence-corrected chi connectivity index (χ3v) is 0.921. The number of oxime groups is 1. The highest BCUT2D eigenvalue weighted by atomic mass is 16.6. The average molecular weight is 115 g/mol. The van der Waals surface area contributed by atoms with Crippen LogP contribution >= 0.6 is 0 Å². The molecule has 1 atom stereocenters. The van der Waals surface area contributed by atoms with Gasteiger partial charge in [-0.25, -0.2) is 0 Å². The van der Waals surface area contributed by atoms with Gasteiger partial charge in [-0.1, -0.05) is 12.1 Å². The van der Waals surface area contributed by atoms with Gasteiger partial charge < -0.3 is 4.84 Å². The van der Waals surface area contributed by atoms with E-state index in [2.05, 4.69) is 12.1 Å². The number of nitrogens with zero attached hydrogens (tertiary/aromatic N) is 1. The SMILES string of the molecule is CC=NOC(C)CC. The first-order chi connectivity index (χ1) is 3.81. The zero-order chi connectivity index (χ0) is 6.41. The summed E-state index contributed by atoms with van der Waals surface area (Å²) in [7, 11) is 0. The molecule has 0 aliphatic heterocycles. The summed E-state index contributed by atoms with van der Waals surface area (Å²) >= 11 is 0. The Bertz CT molecular complexity index is 70.9. The largest absolute Gasteiger partial charge is 0.393 e. The first-order valence-corrected chi connectivity index (χ1v) is 2.95. The summed E-state index contributed by atoms with van der Waals surface area (Å²) in [6.45, 7) is 5.89. The predicted molar refractivity (Wildman–Crippen MR) is 35.0 cm³/mol. The summed E-state index contributed by atoms with van der Waals surface area (Å²) in [5.41, 5.74) is 0. The highest BCUT2D eigenvalue weighted by molar-refractivity contribution is 5.52. The number of hydrogen-bond acceptors (Lipinski definition) is 2. The van der Waals surface area contributed by atoms with Crippen molar-refractivity contribution in [2.24, 2.45) is 5.16 Å². The summed E-state index contributed by atoms with van der Waals surface area (Å²) in [5, 5.41) is 3.62. The van der Waals surface area contributed by atoms with Crippen LogP contribution in [0.25, 0.3) is 0 Å². The van der Waals surface area contributed by atoms with Gasteiger partial charge in [-0.3, -0.25) is 0 Å².